The molecule has 0 aliphatic carbocycles. The molecule has 1 N–H and O–H groups in total. The molecule has 0 aromatic rings. The van der Waals surface area contributed by atoms with Crippen LogP contribution in [0.1, 0.15) is 84.0 Å². The van der Waals surface area contributed by atoms with Crippen molar-refractivity contribution < 1.29 is 19.4 Å². The lowest BCUT2D eigenvalue weighted by Gasteiger charge is -2.04. The van der Waals surface area contributed by atoms with E-state index in [0.29, 0.717) is 6.61 Å². The fraction of sp³-hybridized carbons (Fsp3) is 0.700. The Kier molecular flexibility index (Phi) is 23.7. The van der Waals surface area contributed by atoms with E-state index in [1.54, 1.807) is 10.8 Å². The Hall–Kier alpha value is -1.23. The molecule has 0 aliphatic heterocycles. The van der Waals surface area contributed by atoms with Gasteiger partial charge in [0.05, 0.1) is 19.4 Å². The largest absolute Gasteiger partial charge is 0.481 e. The Bertz CT molecular complexity index is 337. The lowest BCUT2D eigenvalue weighted by Crippen LogP contribution is -2.08. The van der Waals surface area contributed by atoms with E-state index < -0.39 is 11.9 Å². The van der Waals surface area contributed by atoms with E-state index in [2.05, 4.69) is 20.1 Å². The van der Waals surface area contributed by atoms with E-state index in [1.165, 1.54) is 63.1 Å². The van der Waals surface area contributed by atoms with E-state index in [4.69, 9.17) is 9.84 Å². The standard InChI is InChI=1S/C16H30O4.C4H6S/c1-2-3-4-5-6-7-8-9-10-11-14-20-16(19)13-12-15(17)18;1-3-5-4-2/h2-14H2,1H3,(H,17,18);3-4H,1-2H2. The van der Waals surface area contributed by atoms with Crippen LogP contribution in [0, 0.1) is 0 Å². The molecule has 0 radical (unpaired) electrons. The second-order valence-electron chi connectivity index (χ2n) is 5.77. The Morgan fingerprint density at radius 3 is 1.76 bits per heavy atom. The Morgan fingerprint density at radius 1 is 0.880 bits per heavy atom. The number of aliphatic carboxylic acids is 1. The Balaban J connectivity index is 0. The molecule has 0 atom stereocenters. The molecule has 0 fully saturated rings. The molecule has 0 aliphatic rings. The first-order chi connectivity index (χ1) is 12.1. The summed E-state index contributed by atoms with van der Waals surface area (Å²) in [7, 11) is 0. The Labute approximate surface area is 158 Å². The van der Waals surface area contributed by atoms with E-state index >= 15 is 0 Å². The van der Waals surface area contributed by atoms with Crippen LogP contribution >= 0.6 is 11.8 Å². The number of carboxylic acid groups (broad SMARTS) is 1. The molecule has 4 nitrogen and oxygen atoms in total. The van der Waals surface area contributed by atoms with E-state index in [9.17, 15) is 9.59 Å². The van der Waals surface area contributed by atoms with Gasteiger partial charge in [0.1, 0.15) is 0 Å². The molecule has 0 saturated carbocycles. The molecule has 146 valence electrons. The summed E-state index contributed by atoms with van der Waals surface area (Å²) in [5, 5.41) is 11.9. The molecular formula is C20H36O4S. The number of rotatable bonds is 16. The summed E-state index contributed by atoms with van der Waals surface area (Å²) in [6.07, 6.45) is 12.3. The summed E-state index contributed by atoms with van der Waals surface area (Å²) in [4.78, 5) is 21.4. The monoisotopic (exact) mass is 372 g/mol. The SMILES string of the molecule is C=CSC=C.CCCCCCCCCCCCOC(=O)CCC(=O)O. The number of carboxylic acids is 1. The van der Waals surface area contributed by atoms with Gasteiger partial charge in [0, 0.05) is 0 Å². The van der Waals surface area contributed by atoms with Gasteiger partial charge in [0.25, 0.3) is 0 Å². The number of thioether (sulfide) groups is 1. The number of hydrogen-bond acceptors (Lipinski definition) is 4. The minimum absolute atomic E-state index is 0.0207. The quantitative estimate of drug-likeness (QED) is 0.254. The first-order valence-electron chi connectivity index (χ1n) is 9.33. The van der Waals surface area contributed by atoms with Gasteiger partial charge in [-0.25, -0.2) is 0 Å². The van der Waals surface area contributed by atoms with Crippen molar-refractivity contribution in [3.63, 3.8) is 0 Å². The van der Waals surface area contributed by atoms with E-state index in [0.717, 1.165) is 12.8 Å². The smallest absolute Gasteiger partial charge is 0.306 e. The highest BCUT2D eigenvalue weighted by atomic mass is 32.2. The van der Waals surface area contributed by atoms with Crippen LogP contribution in [0.15, 0.2) is 24.0 Å². The molecule has 0 saturated heterocycles. The maximum absolute atomic E-state index is 11.1. The summed E-state index contributed by atoms with van der Waals surface area (Å²) in [5.41, 5.74) is 0. The van der Waals surface area contributed by atoms with E-state index in [1.807, 2.05) is 0 Å². The minimum atomic E-state index is -0.958. The van der Waals surface area contributed by atoms with E-state index in [-0.39, 0.29) is 12.8 Å². The summed E-state index contributed by atoms with van der Waals surface area (Å²) in [6, 6.07) is 0. The van der Waals surface area contributed by atoms with Gasteiger partial charge in [0.2, 0.25) is 0 Å². The molecule has 0 bridgehead atoms. The Morgan fingerprint density at radius 2 is 1.36 bits per heavy atom. The van der Waals surface area contributed by atoms with Gasteiger partial charge in [-0.15, -0.1) is 11.8 Å². The number of hydrogen-bond donors (Lipinski definition) is 1. The molecule has 5 heteroatoms. The van der Waals surface area contributed by atoms with Crippen molar-refractivity contribution in [1.29, 1.82) is 0 Å². The molecule has 0 unspecified atom stereocenters. The van der Waals surface area contributed by atoms with Crippen LogP contribution < -0.4 is 0 Å². The number of ether oxygens (including phenoxy) is 1. The van der Waals surface area contributed by atoms with Gasteiger partial charge in [-0.2, -0.15) is 0 Å². The van der Waals surface area contributed by atoms with Crippen LogP contribution in [0.5, 0.6) is 0 Å². The number of esters is 1. The zero-order valence-corrected chi connectivity index (χ0v) is 16.7. The molecule has 0 heterocycles. The van der Waals surface area contributed by atoms with Crippen LogP contribution in [0.2, 0.25) is 0 Å². The zero-order valence-electron chi connectivity index (χ0n) is 15.8. The summed E-state index contributed by atoms with van der Waals surface area (Å²) in [6.45, 7) is 9.54. The average molecular weight is 373 g/mol. The van der Waals surface area contributed by atoms with Gasteiger partial charge in [-0.3, -0.25) is 9.59 Å². The average Bonchev–Trinajstić information content (AvgIpc) is 2.59. The fourth-order valence-electron chi connectivity index (χ4n) is 2.12. The third-order valence-corrected chi connectivity index (χ3v) is 3.88. The van der Waals surface area contributed by atoms with Gasteiger partial charge >= 0.3 is 11.9 Å². The van der Waals surface area contributed by atoms with Crippen LogP contribution in [0.3, 0.4) is 0 Å². The third kappa shape index (κ3) is 27.9. The number of carbonyl (C=O) groups is 2. The van der Waals surface area contributed by atoms with Crippen LogP contribution in [-0.4, -0.2) is 23.7 Å². The van der Waals surface area contributed by atoms with Crippen molar-refractivity contribution in [2.45, 2.75) is 84.0 Å². The highest BCUT2D eigenvalue weighted by molar-refractivity contribution is 8.04. The third-order valence-electron chi connectivity index (χ3n) is 3.50. The molecule has 0 aromatic heterocycles. The number of unbranched alkanes of at least 4 members (excludes halogenated alkanes) is 9. The highest BCUT2D eigenvalue weighted by Crippen LogP contribution is 2.10. The molecule has 0 amide bonds. The van der Waals surface area contributed by atoms with Crippen molar-refractivity contribution >= 4 is 23.7 Å². The summed E-state index contributed by atoms with van der Waals surface area (Å²) in [5.74, 6) is -1.36. The molecule has 0 spiro atoms. The second-order valence-corrected chi connectivity index (χ2v) is 6.70. The predicted molar refractivity (Wildman–Crippen MR) is 108 cm³/mol. The van der Waals surface area contributed by atoms with Crippen LogP contribution in [0.25, 0.3) is 0 Å². The van der Waals surface area contributed by atoms with Crippen LogP contribution in [-0.2, 0) is 14.3 Å². The summed E-state index contributed by atoms with van der Waals surface area (Å²) >= 11 is 1.49. The van der Waals surface area contributed by atoms with Crippen molar-refractivity contribution in [3.8, 4) is 0 Å². The van der Waals surface area contributed by atoms with Gasteiger partial charge in [-0.05, 0) is 17.2 Å². The summed E-state index contributed by atoms with van der Waals surface area (Å²) < 4.78 is 4.96. The molecular weight excluding hydrogens is 336 g/mol. The first-order valence-corrected chi connectivity index (χ1v) is 10.3. The van der Waals surface area contributed by atoms with Gasteiger partial charge in [-0.1, -0.05) is 77.9 Å². The topological polar surface area (TPSA) is 63.6 Å². The normalized spacial score (nSPS) is 9.64. The lowest BCUT2D eigenvalue weighted by atomic mass is 10.1. The first kappa shape index (κ1) is 26.0. The van der Waals surface area contributed by atoms with Crippen molar-refractivity contribution in [2.24, 2.45) is 0 Å². The van der Waals surface area contributed by atoms with Crippen molar-refractivity contribution in [3.05, 3.63) is 24.0 Å². The number of carbonyl (C=O) groups excluding carboxylic acids is 1. The maximum Gasteiger partial charge on any atom is 0.306 e. The minimum Gasteiger partial charge on any atom is -0.481 e. The predicted octanol–water partition coefficient (Wildman–Crippen LogP) is 6.32. The van der Waals surface area contributed by atoms with Crippen molar-refractivity contribution in [2.75, 3.05) is 6.61 Å². The molecule has 0 aromatic carbocycles. The maximum atomic E-state index is 11.1. The van der Waals surface area contributed by atoms with Crippen LogP contribution in [0.4, 0.5) is 0 Å². The lowest BCUT2D eigenvalue weighted by molar-refractivity contribution is -0.147. The zero-order chi connectivity index (χ0) is 19.2. The highest BCUT2D eigenvalue weighted by Gasteiger charge is 2.05. The van der Waals surface area contributed by atoms with Gasteiger partial charge in [0.15, 0.2) is 0 Å². The van der Waals surface area contributed by atoms with Gasteiger partial charge < -0.3 is 9.84 Å². The second kappa shape index (κ2) is 22.8. The van der Waals surface area contributed by atoms with Crippen molar-refractivity contribution in [1.82, 2.24) is 0 Å². The molecule has 25 heavy (non-hydrogen) atoms. The molecule has 0 rings (SSSR count). The fourth-order valence-corrected chi connectivity index (χ4v) is 2.26.